The Hall–Kier alpha value is -6.00. The van der Waals surface area contributed by atoms with Crippen molar-refractivity contribution in [2.24, 2.45) is 14.1 Å². The largest absolute Gasteiger partial charge is 0.341 e. The molecule has 0 fully saturated rings. The lowest BCUT2D eigenvalue weighted by atomic mass is 9.98. The number of aryl methyl sites for hydroxylation is 2. The van der Waals surface area contributed by atoms with Crippen LogP contribution in [0.5, 0.6) is 0 Å². The molecule has 0 saturated carbocycles. The molecule has 0 aromatic heterocycles. The third-order valence-electron chi connectivity index (χ3n) is 10.5. The summed E-state index contributed by atoms with van der Waals surface area (Å²) in [5, 5.41) is 9.94. The predicted molar refractivity (Wildman–Crippen MR) is 194 cm³/mol. The third-order valence-corrected chi connectivity index (χ3v) is 10.5. The number of hydrogen-bond acceptors (Lipinski definition) is 0. The van der Waals surface area contributed by atoms with Gasteiger partial charge in [-0.15, -0.1) is 0 Å². The van der Waals surface area contributed by atoms with Gasteiger partial charge in [0.1, 0.15) is 0 Å². The van der Waals surface area contributed by atoms with E-state index in [9.17, 15) is 0 Å². The second kappa shape index (κ2) is 8.38. The monoisotopic (exact) mass is 588 g/mol. The van der Waals surface area contributed by atoms with Gasteiger partial charge in [0.2, 0.25) is 0 Å². The molecule has 0 atom stereocenters. The molecule has 0 aliphatic carbocycles. The first kappa shape index (κ1) is 24.3. The standard InChI is InChI=1S/C42H28N4/c1-43-33-19-25-11-3-5-13-27(25)21-35(33)45-40-32-18-10-8-16-30(32)24-38-42(40)46(39-31-17-9-7-15-29(31)23-37(43)41(39)45)36-22-28-14-6-4-12-26(28)20-34(36)44(38)2/h3-24H,1-2H3. The van der Waals surface area contributed by atoms with Gasteiger partial charge in [-0.05, 0) is 68.7 Å². The number of aromatic nitrogens is 4. The first-order chi connectivity index (χ1) is 22.7. The van der Waals surface area contributed by atoms with Crippen molar-refractivity contribution in [1.82, 2.24) is 18.3 Å². The van der Waals surface area contributed by atoms with E-state index in [1.54, 1.807) is 0 Å². The normalized spacial score (nSPS) is 12.6. The molecule has 8 aromatic rings. The first-order valence-electron chi connectivity index (χ1n) is 15.9. The summed E-state index contributed by atoms with van der Waals surface area (Å²) in [6, 6.07) is 49.5. The first-order valence-corrected chi connectivity index (χ1v) is 15.9. The quantitative estimate of drug-likeness (QED) is 0.124. The number of fused-ring (bicyclic) bond motifs is 12. The number of benzene rings is 8. The molecule has 4 nitrogen and oxygen atoms in total. The molecule has 0 radical (unpaired) electrons. The molecule has 0 unspecified atom stereocenters. The summed E-state index contributed by atoms with van der Waals surface area (Å²) in [6.45, 7) is 0. The molecule has 0 bridgehead atoms. The molecule has 3 aliphatic heterocycles. The van der Waals surface area contributed by atoms with Crippen LogP contribution in [-0.2, 0) is 14.1 Å². The second-order valence-corrected chi connectivity index (χ2v) is 12.8. The summed E-state index contributed by atoms with van der Waals surface area (Å²) in [6.07, 6.45) is 0. The van der Waals surface area contributed by atoms with Crippen molar-refractivity contribution < 1.29 is 0 Å². The maximum Gasteiger partial charge on any atom is 0.0951 e. The van der Waals surface area contributed by atoms with Gasteiger partial charge in [0, 0.05) is 24.9 Å². The molecule has 4 heteroatoms. The van der Waals surface area contributed by atoms with Gasteiger partial charge in [0.25, 0.3) is 0 Å². The van der Waals surface area contributed by atoms with Gasteiger partial charge < -0.3 is 18.3 Å². The van der Waals surface area contributed by atoms with Gasteiger partial charge in [-0.1, -0.05) is 97.1 Å². The van der Waals surface area contributed by atoms with E-state index in [0.29, 0.717) is 0 Å². The summed E-state index contributed by atoms with van der Waals surface area (Å²) in [4.78, 5) is 0. The van der Waals surface area contributed by atoms with Crippen molar-refractivity contribution >= 4 is 87.2 Å². The minimum Gasteiger partial charge on any atom is -0.341 e. The average Bonchev–Trinajstić information content (AvgIpc) is 3.10. The highest BCUT2D eigenvalue weighted by Crippen LogP contribution is 2.47. The maximum absolute atomic E-state index is 2.58. The molecule has 0 amide bonds. The molecule has 46 heavy (non-hydrogen) atoms. The van der Waals surface area contributed by atoms with Crippen molar-refractivity contribution in [3.63, 3.8) is 0 Å². The van der Waals surface area contributed by atoms with Crippen LogP contribution in [0.25, 0.3) is 98.6 Å². The van der Waals surface area contributed by atoms with E-state index in [-0.39, 0.29) is 0 Å². The van der Waals surface area contributed by atoms with Crippen LogP contribution in [-0.4, -0.2) is 18.3 Å². The van der Waals surface area contributed by atoms with Gasteiger partial charge in [0.15, 0.2) is 0 Å². The zero-order chi connectivity index (χ0) is 30.3. The molecule has 8 aromatic carbocycles. The summed E-state index contributed by atoms with van der Waals surface area (Å²) in [7, 11) is 4.45. The van der Waals surface area contributed by atoms with Gasteiger partial charge in [-0.2, -0.15) is 0 Å². The summed E-state index contributed by atoms with van der Waals surface area (Å²) < 4.78 is 9.96. The van der Waals surface area contributed by atoms with Crippen LogP contribution in [0, 0.1) is 0 Å². The van der Waals surface area contributed by atoms with Gasteiger partial charge in [0.05, 0.1) is 55.5 Å². The Kier molecular flexibility index (Phi) is 4.43. The summed E-state index contributed by atoms with van der Waals surface area (Å²) >= 11 is 0. The highest BCUT2D eigenvalue weighted by molar-refractivity contribution is 6.19. The fraction of sp³-hybridized carbons (Fsp3) is 0.0476. The molecule has 216 valence electrons. The van der Waals surface area contributed by atoms with Crippen LogP contribution in [0.1, 0.15) is 0 Å². The minimum atomic E-state index is 1.20. The van der Waals surface area contributed by atoms with Crippen LogP contribution in [0.3, 0.4) is 0 Å². The van der Waals surface area contributed by atoms with Crippen molar-refractivity contribution in [3.05, 3.63) is 133 Å². The SMILES string of the molecule is Cn1c2cc3ccccc3c3c2-n(c2cc4ccccc4cc21)c1c2c(cc4ccccc41)n(C)c1cc4ccccc4cc1n3-2. The van der Waals surface area contributed by atoms with Crippen molar-refractivity contribution in [1.29, 1.82) is 0 Å². The predicted octanol–water partition coefficient (Wildman–Crippen LogP) is 10.6. The minimum absolute atomic E-state index is 1.20. The summed E-state index contributed by atoms with van der Waals surface area (Å²) in [5.41, 5.74) is 12.1. The fourth-order valence-corrected chi connectivity index (χ4v) is 8.30. The van der Waals surface area contributed by atoms with E-state index in [4.69, 9.17) is 0 Å². The van der Waals surface area contributed by atoms with Crippen molar-refractivity contribution in [3.8, 4) is 11.4 Å². The molecule has 3 heterocycles. The zero-order valence-electron chi connectivity index (χ0n) is 25.5. The van der Waals surface area contributed by atoms with E-state index in [1.165, 1.54) is 98.6 Å². The Morgan fingerprint density at radius 3 is 1.02 bits per heavy atom. The van der Waals surface area contributed by atoms with E-state index < -0.39 is 0 Å². The Morgan fingerprint density at radius 2 is 0.630 bits per heavy atom. The van der Waals surface area contributed by atoms with E-state index in [1.807, 2.05) is 0 Å². The lowest BCUT2D eigenvalue weighted by Gasteiger charge is -2.33. The number of rotatable bonds is 0. The topological polar surface area (TPSA) is 19.7 Å². The van der Waals surface area contributed by atoms with E-state index >= 15 is 0 Å². The van der Waals surface area contributed by atoms with Crippen molar-refractivity contribution in [2.75, 3.05) is 0 Å². The summed E-state index contributed by atoms with van der Waals surface area (Å²) in [5.74, 6) is 0. The van der Waals surface area contributed by atoms with E-state index in [2.05, 4.69) is 166 Å². The van der Waals surface area contributed by atoms with Crippen LogP contribution in [0.2, 0.25) is 0 Å². The van der Waals surface area contributed by atoms with Crippen LogP contribution >= 0.6 is 0 Å². The number of hydrogen-bond donors (Lipinski definition) is 0. The lowest BCUT2D eigenvalue weighted by molar-refractivity contribution is 0.942. The second-order valence-electron chi connectivity index (χ2n) is 12.8. The van der Waals surface area contributed by atoms with E-state index in [0.717, 1.165) is 0 Å². The Bertz CT molecular complexity index is 2840. The Balaban J connectivity index is 1.57. The van der Waals surface area contributed by atoms with Crippen LogP contribution < -0.4 is 0 Å². The number of nitrogens with zero attached hydrogens (tertiary/aromatic N) is 4. The molecular formula is C42H28N4. The van der Waals surface area contributed by atoms with Gasteiger partial charge in [-0.25, -0.2) is 0 Å². The zero-order valence-corrected chi connectivity index (χ0v) is 25.5. The van der Waals surface area contributed by atoms with Crippen LogP contribution in [0.4, 0.5) is 0 Å². The van der Waals surface area contributed by atoms with Gasteiger partial charge in [-0.3, -0.25) is 0 Å². The molecule has 11 rings (SSSR count). The average molecular weight is 589 g/mol. The highest BCUT2D eigenvalue weighted by atomic mass is 15.2. The molecule has 0 spiro atoms. The Labute approximate surface area is 263 Å². The van der Waals surface area contributed by atoms with Crippen molar-refractivity contribution in [2.45, 2.75) is 0 Å². The molecule has 0 saturated heterocycles. The third kappa shape index (κ3) is 2.90. The van der Waals surface area contributed by atoms with Crippen LogP contribution in [0.15, 0.2) is 133 Å². The lowest BCUT2D eigenvalue weighted by Crippen LogP contribution is -2.19. The molecule has 0 N–H and O–H groups in total. The maximum atomic E-state index is 2.58. The van der Waals surface area contributed by atoms with Gasteiger partial charge >= 0.3 is 0 Å². The smallest absolute Gasteiger partial charge is 0.0951 e. The Morgan fingerprint density at radius 1 is 0.326 bits per heavy atom. The molecule has 3 aliphatic rings. The fourth-order valence-electron chi connectivity index (χ4n) is 8.30. The molecular weight excluding hydrogens is 560 g/mol. The highest BCUT2D eigenvalue weighted by Gasteiger charge is 2.29.